The highest BCUT2D eigenvalue weighted by Gasteiger charge is 2.20. The zero-order valence-corrected chi connectivity index (χ0v) is 14.3. The summed E-state index contributed by atoms with van der Waals surface area (Å²) in [5, 5.41) is 21.4. The lowest BCUT2D eigenvalue weighted by molar-refractivity contribution is 0.596. The molecule has 4 N–H and O–H groups in total. The third-order valence-corrected chi connectivity index (χ3v) is 4.06. The molecule has 0 aliphatic carbocycles. The second-order valence-electron chi connectivity index (χ2n) is 5.73. The average Bonchev–Trinajstić information content (AvgIpc) is 3.26. The van der Waals surface area contributed by atoms with Crippen LogP contribution in [0.25, 0.3) is 11.1 Å². The summed E-state index contributed by atoms with van der Waals surface area (Å²) in [7, 11) is 0. The van der Waals surface area contributed by atoms with Crippen LogP contribution in [0.4, 0.5) is 5.69 Å². The van der Waals surface area contributed by atoms with Crippen molar-refractivity contribution in [2.45, 2.75) is 19.4 Å². The number of halogens is 1. The van der Waals surface area contributed by atoms with Gasteiger partial charge in [0, 0.05) is 48.2 Å². The van der Waals surface area contributed by atoms with Crippen LogP contribution in [0.1, 0.15) is 18.9 Å². The van der Waals surface area contributed by atoms with Crippen molar-refractivity contribution in [1.82, 2.24) is 15.5 Å². The van der Waals surface area contributed by atoms with Crippen molar-refractivity contribution in [3.63, 3.8) is 0 Å². The molecule has 0 spiro atoms. The molecule has 1 saturated heterocycles. The van der Waals surface area contributed by atoms with Gasteiger partial charge in [0.2, 0.25) is 0 Å². The SMILES string of the molecule is CC1CC(CNc2ccc(-c3cn[nH]c3)cc2C=N)CN1.CCl. The third kappa shape index (κ3) is 4.56. The van der Waals surface area contributed by atoms with Crippen molar-refractivity contribution in [2.75, 3.05) is 24.8 Å². The fourth-order valence-electron chi connectivity index (χ4n) is 2.88. The van der Waals surface area contributed by atoms with E-state index in [9.17, 15) is 0 Å². The minimum atomic E-state index is 0.613. The first kappa shape index (κ1) is 17.5. The number of nitrogens with zero attached hydrogens (tertiary/aromatic N) is 1. The molecular formula is C17H24ClN5. The van der Waals surface area contributed by atoms with E-state index in [-0.39, 0.29) is 0 Å². The second-order valence-corrected chi connectivity index (χ2v) is 5.73. The van der Waals surface area contributed by atoms with E-state index in [1.165, 1.54) is 19.0 Å². The predicted molar refractivity (Wildman–Crippen MR) is 97.7 cm³/mol. The van der Waals surface area contributed by atoms with Gasteiger partial charge in [0.1, 0.15) is 0 Å². The molecular weight excluding hydrogens is 310 g/mol. The van der Waals surface area contributed by atoms with Crippen molar-refractivity contribution < 1.29 is 0 Å². The van der Waals surface area contributed by atoms with Crippen molar-refractivity contribution in [2.24, 2.45) is 5.92 Å². The number of hydrogen-bond acceptors (Lipinski definition) is 4. The van der Waals surface area contributed by atoms with Gasteiger partial charge in [0.05, 0.1) is 6.20 Å². The van der Waals surface area contributed by atoms with Crippen molar-refractivity contribution in [3.8, 4) is 11.1 Å². The largest absolute Gasteiger partial charge is 0.384 e. The minimum absolute atomic E-state index is 0.613. The summed E-state index contributed by atoms with van der Waals surface area (Å²) in [6, 6.07) is 6.75. The Morgan fingerprint density at radius 3 is 2.83 bits per heavy atom. The van der Waals surface area contributed by atoms with E-state index < -0.39 is 0 Å². The average molecular weight is 334 g/mol. The summed E-state index contributed by atoms with van der Waals surface area (Å²) in [4.78, 5) is 0. The first-order valence-corrected chi connectivity index (χ1v) is 8.50. The number of alkyl halides is 1. The number of nitrogens with one attached hydrogen (secondary N) is 4. The Morgan fingerprint density at radius 2 is 2.22 bits per heavy atom. The van der Waals surface area contributed by atoms with Crippen molar-refractivity contribution >= 4 is 23.5 Å². The molecule has 1 aromatic carbocycles. The predicted octanol–water partition coefficient (Wildman–Crippen LogP) is 3.34. The molecule has 0 amide bonds. The molecule has 2 unspecified atom stereocenters. The van der Waals surface area contributed by atoms with Crippen LogP contribution in [0, 0.1) is 11.3 Å². The van der Waals surface area contributed by atoms with E-state index in [0.29, 0.717) is 12.0 Å². The summed E-state index contributed by atoms with van der Waals surface area (Å²) in [6.45, 7) is 4.24. The number of hydrogen-bond donors (Lipinski definition) is 4. The lowest BCUT2D eigenvalue weighted by atomic mass is 10.0. The highest BCUT2D eigenvalue weighted by molar-refractivity contribution is 6.15. The molecule has 1 aliphatic heterocycles. The highest BCUT2D eigenvalue weighted by Crippen LogP contribution is 2.24. The fraction of sp³-hybridized carbons (Fsp3) is 0.412. The maximum Gasteiger partial charge on any atom is 0.0565 e. The number of anilines is 1. The lowest BCUT2D eigenvalue weighted by Gasteiger charge is -2.14. The standard InChI is InChI=1S/C16H21N5.CH3Cl/c1-11-4-12(7-18-11)8-19-16-3-2-13(5-14(16)6-17)15-9-20-21-10-15;1-2/h2-3,5-6,9-12,17-19H,4,7-8H2,1H3,(H,20,21);1H3. The Kier molecular flexibility index (Phi) is 6.62. The normalized spacial score (nSPS) is 19.8. The van der Waals surface area contributed by atoms with E-state index in [1.54, 1.807) is 6.20 Å². The molecule has 3 rings (SSSR count). The molecule has 0 radical (unpaired) electrons. The molecule has 2 aromatic rings. The molecule has 1 aliphatic rings. The van der Waals surface area contributed by atoms with Gasteiger partial charge in [0.15, 0.2) is 0 Å². The number of aromatic nitrogens is 2. The maximum absolute atomic E-state index is 7.63. The zero-order chi connectivity index (χ0) is 16.7. The van der Waals surface area contributed by atoms with Crippen LogP contribution in [-0.4, -0.2) is 41.9 Å². The summed E-state index contributed by atoms with van der Waals surface area (Å²) < 4.78 is 0. The van der Waals surface area contributed by atoms with Crippen LogP contribution in [0.2, 0.25) is 0 Å². The van der Waals surface area contributed by atoms with Crippen LogP contribution >= 0.6 is 11.6 Å². The van der Waals surface area contributed by atoms with Gasteiger partial charge < -0.3 is 16.0 Å². The van der Waals surface area contributed by atoms with Crippen LogP contribution in [0.15, 0.2) is 30.6 Å². The van der Waals surface area contributed by atoms with E-state index in [0.717, 1.165) is 35.5 Å². The summed E-state index contributed by atoms with van der Waals surface area (Å²) in [5.41, 5.74) is 4.05. The van der Waals surface area contributed by atoms with E-state index in [2.05, 4.69) is 51.5 Å². The van der Waals surface area contributed by atoms with Crippen LogP contribution in [0.3, 0.4) is 0 Å². The first-order valence-electron chi connectivity index (χ1n) is 7.75. The molecule has 6 heteroatoms. The first-order chi connectivity index (χ1) is 11.3. The lowest BCUT2D eigenvalue weighted by Crippen LogP contribution is -2.19. The van der Waals surface area contributed by atoms with E-state index >= 15 is 0 Å². The van der Waals surface area contributed by atoms with Crippen molar-refractivity contribution in [3.05, 3.63) is 36.2 Å². The van der Waals surface area contributed by atoms with Gasteiger partial charge in [-0.05, 0) is 43.5 Å². The minimum Gasteiger partial charge on any atom is -0.384 e. The molecule has 124 valence electrons. The Hall–Kier alpha value is -1.85. The Bertz CT molecular complexity index is 611. The highest BCUT2D eigenvalue weighted by atomic mass is 35.5. The quantitative estimate of drug-likeness (QED) is 0.500. The molecule has 1 fully saturated rings. The Balaban J connectivity index is 0.000000924. The van der Waals surface area contributed by atoms with Gasteiger partial charge in [-0.2, -0.15) is 5.10 Å². The number of rotatable bonds is 5. The molecule has 0 saturated carbocycles. The third-order valence-electron chi connectivity index (χ3n) is 4.06. The van der Waals surface area contributed by atoms with Gasteiger partial charge in [-0.3, -0.25) is 5.10 Å². The molecule has 1 aromatic heterocycles. The van der Waals surface area contributed by atoms with Crippen molar-refractivity contribution in [1.29, 1.82) is 5.41 Å². The molecule has 5 nitrogen and oxygen atoms in total. The van der Waals surface area contributed by atoms with Gasteiger partial charge in [-0.25, -0.2) is 0 Å². The van der Waals surface area contributed by atoms with Crippen LogP contribution in [0.5, 0.6) is 0 Å². The van der Waals surface area contributed by atoms with Gasteiger partial charge in [-0.1, -0.05) is 6.07 Å². The van der Waals surface area contributed by atoms with Crippen LogP contribution < -0.4 is 10.6 Å². The molecule has 2 atom stereocenters. The fourth-order valence-corrected chi connectivity index (χ4v) is 2.88. The number of H-pyrrole nitrogens is 1. The summed E-state index contributed by atoms with van der Waals surface area (Å²) in [6.07, 6.45) is 7.74. The number of benzene rings is 1. The molecule has 23 heavy (non-hydrogen) atoms. The Morgan fingerprint density at radius 1 is 1.39 bits per heavy atom. The monoisotopic (exact) mass is 333 g/mol. The van der Waals surface area contributed by atoms with E-state index in [4.69, 9.17) is 5.41 Å². The second kappa shape index (κ2) is 8.70. The van der Waals surface area contributed by atoms with Crippen LogP contribution in [-0.2, 0) is 0 Å². The van der Waals surface area contributed by atoms with E-state index in [1.807, 2.05) is 12.3 Å². The molecule has 0 bridgehead atoms. The smallest absolute Gasteiger partial charge is 0.0565 e. The number of aromatic amines is 1. The zero-order valence-electron chi connectivity index (χ0n) is 13.6. The topological polar surface area (TPSA) is 76.6 Å². The van der Waals surface area contributed by atoms with Gasteiger partial charge in [0.25, 0.3) is 0 Å². The molecule has 2 heterocycles. The summed E-state index contributed by atoms with van der Waals surface area (Å²) >= 11 is 4.64. The summed E-state index contributed by atoms with van der Waals surface area (Å²) in [5.74, 6) is 0.659. The van der Waals surface area contributed by atoms with Gasteiger partial charge >= 0.3 is 0 Å². The maximum atomic E-state index is 7.63. The Labute approximate surface area is 142 Å². The van der Waals surface area contributed by atoms with Gasteiger partial charge in [-0.15, -0.1) is 11.6 Å².